The quantitative estimate of drug-likeness (QED) is 0.436. The third kappa shape index (κ3) is 1.76. The maximum atomic E-state index is 8.89. The summed E-state index contributed by atoms with van der Waals surface area (Å²) < 4.78 is 0. The lowest BCUT2D eigenvalue weighted by Crippen LogP contribution is -1.99. The predicted molar refractivity (Wildman–Crippen MR) is 48.0 cm³/mol. The molecule has 1 aromatic heterocycles. The first kappa shape index (κ1) is 9.06. The molecule has 0 aliphatic rings. The number of hydrogen-bond donors (Lipinski definition) is 1. The van der Waals surface area contributed by atoms with Crippen molar-refractivity contribution < 1.29 is 5.11 Å². The fraction of sp³-hybridized carbons (Fsp3) is 0.429. The van der Waals surface area contributed by atoms with Gasteiger partial charge in [-0.2, -0.15) is 11.3 Å². The van der Waals surface area contributed by atoms with Crippen LogP contribution in [0.15, 0.2) is 15.9 Å². The van der Waals surface area contributed by atoms with E-state index >= 15 is 0 Å². The minimum absolute atomic E-state index is 0.137. The van der Waals surface area contributed by atoms with Crippen LogP contribution in [0.25, 0.3) is 10.4 Å². The molecular weight excluding hydrogens is 174 g/mol. The molecule has 0 aliphatic heterocycles. The highest BCUT2D eigenvalue weighted by molar-refractivity contribution is 7.08. The largest absolute Gasteiger partial charge is 0.396 e. The van der Waals surface area contributed by atoms with Crippen molar-refractivity contribution in [3.63, 3.8) is 0 Å². The number of aliphatic hydroxyl groups is 1. The molecule has 0 aliphatic carbocycles. The Morgan fingerprint density at radius 2 is 2.50 bits per heavy atom. The summed E-state index contributed by atoms with van der Waals surface area (Å²) in [5.74, 6) is 0. The van der Waals surface area contributed by atoms with E-state index in [1.807, 2.05) is 17.7 Å². The molecular formula is C7H9N3OS. The van der Waals surface area contributed by atoms with Crippen molar-refractivity contribution in [3.8, 4) is 0 Å². The summed E-state index contributed by atoms with van der Waals surface area (Å²) in [5.41, 5.74) is 10.2. The highest BCUT2D eigenvalue weighted by Gasteiger charge is 2.10. The van der Waals surface area contributed by atoms with E-state index in [2.05, 4.69) is 10.0 Å². The topological polar surface area (TPSA) is 69.0 Å². The lowest BCUT2D eigenvalue weighted by atomic mass is 10.1. The Morgan fingerprint density at radius 3 is 2.92 bits per heavy atom. The molecule has 0 fully saturated rings. The number of aryl methyl sites for hydroxylation is 1. The molecule has 1 atom stereocenters. The molecule has 1 aromatic rings. The van der Waals surface area contributed by atoms with E-state index in [0.717, 1.165) is 11.1 Å². The minimum Gasteiger partial charge on any atom is -0.396 e. The molecule has 0 saturated heterocycles. The van der Waals surface area contributed by atoms with Gasteiger partial charge >= 0.3 is 0 Å². The first-order valence-corrected chi connectivity index (χ1v) is 4.41. The zero-order chi connectivity index (χ0) is 8.97. The SMILES string of the molecule is Cc1cscc1C(CO)N=[N+]=[N-]. The van der Waals surface area contributed by atoms with Gasteiger partial charge < -0.3 is 5.11 Å². The van der Waals surface area contributed by atoms with Gasteiger partial charge in [-0.3, -0.25) is 0 Å². The molecule has 0 saturated carbocycles. The van der Waals surface area contributed by atoms with Gasteiger partial charge in [0.05, 0.1) is 12.6 Å². The first-order valence-electron chi connectivity index (χ1n) is 3.47. The van der Waals surface area contributed by atoms with Gasteiger partial charge in [-0.15, -0.1) is 0 Å². The summed E-state index contributed by atoms with van der Waals surface area (Å²) in [6, 6.07) is -0.429. The van der Waals surface area contributed by atoms with Crippen LogP contribution < -0.4 is 0 Å². The molecule has 0 radical (unpaired) electrons. The lowest BCUT2D eigenvalue weighted by molar-refractivity contribution is 0.268. The third-order valence-electron chi connectivity index (χ3n) is 1.62. The molecule has 64 valence electrons. The van der Waals surface area contributed by atoms with Crippen molar-refractivity contribution in [1.29, 1.82) is 0 Å². The van der Waals surface area contributed by atoms with Crippen LogP contribution >= 0.6 is 11.3 Å². The second-order valence-corrected chi connectivity index (χ2v) is 3.16. The van der Waals surface area contributed by atoms with E-state index in [9.17, 15) is 0 Å². The van der Waals surface area contributed by atoms with Crippen LogP contribution in [0, 0.1) is 6.92 Å². The van der Waals surface area contributed by atoms with Crippen molar-refractivity contribution in [2.75, 3.05) is 6.61 Å². The monoisotopic (exact) mass is 183 g/mol. The Morgan fingerprint density at radius 1 is 1.75 bits per heavy atom. The average Bonchev–Trinajstić information content (AvgIpc) is 2.47. The number of azide groups is 1. The van der Waals surface area contributed by atoms with Gasteiger partial charge in [-0.05, 0) is 34.3 Å². The minimum atomic E-state index is -0.429. The number of rotatable bonds is 3. The molecule has 1 rings (SSSR count). The van der Waals surface area contributed by atoms with E-state index in [1.54, 1.807) is 11.3 Å². The molecule has 0 bridgehead atoms. The van der Waals surface area contributed by atoms with Gasteiger partial charge in [-0.1, -0.05) is 5.11 Å². The fourth-order valence-corrected chi connectivity index (χ4v) is 1.87. The van der Waals surface area contributed by atoms with Crippen LogP contribution in [0.1, 0.15) is 17.2 Å². The van der Waals surface area contributed by atoms with E-state index in [-0.39, 0.29) is 6.61 Å². The molecule has 0 spiro atoms. The van der Waals surface area contributed by atoms with E-state index < -0.39 is 6.04 Å². The van der Waals surface area contributed by atoms with Crippen LogP contribution in [0.2, 0.25) is 0 Å². The normalized spacial score (nSPS) is 12.2. The molecule has 12 heavy (non-hydrogen) atoms. The zero-order valence-corrected chi connectivity index (χ0v) is 7.45. The standard InChI is InChI=1S/C7H9N3OS/c1-5-3-12-4-6(5)7(2-11)9-10-8/h3-4,7,11H,2H2,1H3. The van der Waals surface area contributed by atoms with Gasteiger partial charge in [0.25, 0.3) is 0 Å². The maximum absolute atomic E-state index is 8.89. The van der Waals surface area contributed by atoms with Crippen molar-refractivity contribution >= 4 is 11.3 Å². The Kier molecular flexibility index (Phi) is 3.10. The highest BCUT2D eigenvalue weighted by atomic mass is 32.1. The van der Waals surface area contributed by atoms with Gasteiger partial charge in [0, 0.05) is 4.91 Å². The van der Waals surface area contributed by atoms with Crippen molar-refractivity contribution in [3.05, 3.63) is 32.3 Å². The Balaban J connectivity index is 2.93. The van der Waals surface area contributed by atoms with Gasteiger partial charge in [0.2, 0.25) is 0 Å². The van der Waals surface area contributed by atoms with Crippen LogP contribution in [-0.2, 0) is 0 Å². The van der Waals surface area contributed by atoms with E-state index in [4.69, 9.17) is 10.6 Å². The Bertz CT molecular complexity index is 303. The predicted octanol–water partition coefficient (Wildman–Crippen LogP) is 2.40. The maximum Gasteiger partial charge on any atom is 0.0866 e. The highest BCUT2D eigenvalue weighted by Crippen LogP contribution is 2.24. The lowest BCUT2D eigenvalue weighted by Gasteiger charge is -2.05. The molecule has 1 heterocycles. The summed E-state index contributed by atoms with van der Waals surface area (Å²) in [6.07, 6.45) is 0. The smallest absolute Gasteiger partial charge is 0.0866 e. The van der Waals surface area contributed by atoms with Crippen LogP contribution in [-0.4, -0.2) is 11.7 Å². The van der Waals surface area contributed by atoms with Crippen molar-refractivity contribution in [2.24, 2.45) is 5.11 Å². The molecule has 0 amide bonds. The second kappa shape index (κ2) is 4.11. The van der Waals surface area contributed by atoms with Crippen LogP contribution in [0.5, 0.6) is 0 Å². The third-order valence-corrected chi connectivity index (χ3v) is 2.50. The second-order valence-electron chi connectivity index (χ2n) is 2.41. The van der Waals surface area contributed by atoms with Gasteiger partial charge in [0.1, 0.15) is 0 Å². The number of thiophene rings is 1. The summed E-state index contributed by atoms with van der Waals surface area (Å²) in [5, 5.41) is 16.2. The number of aliphatic hydroxyl groups excluding tert-OH is 1. The summed E-state index contributed by atoms with van der Waals surface area (Å²) in [6.45, 7) is 1.79. The molecule has 4 nitrogen and oxygen atoms in total. The Hall–Kier alpha value is -1.03. The fourth-order valence-electron chi connectivity index (χ4n) is 0.971. The van der Waals surface area contributed by atoms with Crippen molar-refractivity contribution in [1.82, 2.24) is 0 Å². The van der Waals surface area contributed by atoms with Crippen LogP contribution in [0.4, 0.5) is 0 Å². The van der Waals surface area contributed by atoms with Gasteiger partial charge in [0.15, 0.2) is 0 Å². The first-order chi connectivity index (χ1) is 5.79. The average molecular weight is 183 g/mol. The van der Waals surface area contributed by atoms with E-state index in [1.165, 1.54) is 0 Å². The molecule has 1 unspecified atom stereocenters. The molecule has 5 heteroatoms. The number of hydrogen-bond acceptors (Lipinski definition) is 3. The summed E-state index contributed by atoms with van der Waals surface area (Å²) in [4.78, 5) is 2.67. The van der Waals surface area contributed by atoms with Crippen LogP contribution in [0.3, 0.4) is 0 Å². The summed E-state index contributed by atoms with van der Waals surface area (Å²) >= 11 is 1.54. The van der Waals surface area contributed by atoms with E-state index in [0.29, 0.717) is 0 Å². The van der Waals surface area contributed by atoms with Gasteiger partial charge in [-0.25, -0.2) is 0 Å². The summed E-state index contributed by atoms with van der Waals surface area (Å²) in [7, 11) is 0. The van der Waals surface area contributed by atoms with Crippen molar-refractivity contribution in [2.45, 2.75) is 13.0 Å². The molecule has 1 N–H and O–H groups in total. The zero-order valence-electron chi connectivity index (χ0n) is 6.64. The number of nitrogens with zero attached hydrogens (tertiary/aromatic N) is 3. The Labute approximate surface area is 74.1 Å². The molecule has 0 aromatic carbocycles.